The zero-order valence-corrected chi connectivity index (χ0v) is 14.7. The normalized spacial score (nSPS) is 11.7. The first-order chi connectivity index (χ1) is 9.94. The van der Waals surface area contributed by atoms with E-state index in [-0.39, 0.29) is 5.91 Å². The molecule has 0 bridgehead atoms. The van der Waals surface area contributed by atoms with Gasteiger partial charge in [-0.2, -0.15) is 0 Å². The first-order valence-electron chi connectivity index (χ1n) is 6.64. The molecule has 1 atom stereocenters. The molecule has 0 saturated carbocycles. The number of methoxy groups -OCH3 is 3. The molecule has 118 valence electrons. The molecule has 6 heteroatoms. The molecule has 0 N–H and O–H groups in total. The van der Waals surface area contributed by atoms with E-state index < -0.39 is 0 Å². The van der Waals surface area contributed by atoms with E-state index in [0.29, 0.717) is 34.2 Å². The smallest absolute Gasteiger partial charge is 0.257 e. The van der Waals surface area contributed by atoms with Crippen molar-refractivity contribution in [1.29, 1.82) is 0 Å². The van der Waals surface area contributed by atoms with Crippen molar-refractivity contribution in [2.24, 2.45) is 0 Å². The van der Waals surface area contributed by atoms with Crippen LogP contribution in [0.1, 0.15) is 23.7 Å². The number of amides is 1. The topological polar surface area (TPSA) is 48.0 Å². The predicted molar refractivity (Wildman–Crippen MR) is 86.1 cm³/mol. The van der Waals surface area contributed by atoms with Crippen LogP contribution in [-0.2, 0) is 0 Å². The van der Waals surface area contributed by atoms with E-state index in [2.05, 4.69) is 22.9 Å². The molecule has 0 aliphatic heterocycles. The third-order valence-corrected chi connectivity index (χ3v) is 3.60. The number of nitrogens with zero attached hydrogens (tertiary/aromatic N) is 1. The van der Waals surface area contributed by atoms with E-state index >= 15 is 0 Å². The van der Waals surface area contributed by atoms with Gasteiger partial charge in [0.1, 0.15) is 5.75 Å². The summed E-state index contributed by atoms with van der Waals surface area (Å²) >= 11 is 3.48. The standard InChI is InChI=1S/C15H22BrNO4/c1-10(16)6-7-17(2)15(18)11-8-13(20-4)14(21-5)9-12(11)19-3/h8-10H,6-7H2,1-5H3. The van der Waals surface area contributed by atoms with Crippen molar-refractivity contribution >= 4 is 21.8 Å². The quantitative estimate of drug-likeness (QED) is 0.702. The lowest BCUT2D eigenvalue weighted by molar-refractivity contribution is 0.0790. The molecule has 1 unspecified atom stereocenters. The first-order valence-corrected chi connectivity index (χ1v) is 7.55. The summed E-state index contributed by atoms with van der Waals surface area (Å²) in [6, 6.07) is 3.31. The molecule has 1 rings (SSSR count). The van der Waals surface area contributed by atoms with Crippen LogP contribution in [-0.4, -0.2) is 50.6 Å². The molecule has 5 nitrogen and oxygen atoms in total. The lowest BCUT2D eigenvalue weighted by Crippen LogP contribution is -2.29. The Labute approximate surface area is 134 Å². The van der Waals surface area contributed by atoms with Crippen LogP contribution in [0.15, 0.2) is 12.1 Å². The third-order valence-electron chi connectivity index (χ3n) is 3.15. The SMILES string of the molecule is COc1cc(OC)c(C(=O)N(C)CCC(C)Br)cc1OC. The van der Waals surface area contributed by atoms with Crippen LogP contribution >= 0.6 is 15.9 Å². The van der Waals surface area contributed by atoms with Crippen molar-refractivity contribution in [3.63, 3.8) is 0 Å². The Bertz CT molecular complexity index is 491. The maximum Gasteiger partial charge on any atom is 0.257 e. The fourth-order valence-electron chi connectivity index (χ4n) is 1.88. The van der Waals surface area contributed by atoms with Crippen LogP contribution in [0.25, 0.3) is 0 Å². The van der Waals surface area contributed by atoms with Crippen LogP contribution in [0.5, 0.6) is 17.2 Å². The molecule has 1 aromatic carbocycles. The highest BCUT2D eigenvalue weighted by Gasteiger charge is 2.20. The lowest BCUT2D eigenvalue weighted by atomic mass is 10.1. The minimum Gasteiger partial charge on any atom is -0.496 e. The third kappa shape index (κ3) is 4.52. The number of hydrogen-bond acceptors (Lipinski definition) is 4. The summed E-state index contributed by atoms with van der Waals surface area (Å²) in [7, 11) is 6.38. The fraction of sp³-hybridized carbons (Fsp3) is 0.533. The average Bonchev–Trinajstić information content (AvgIpc) is 2.50. The number of halogens is 1. The summed E-state index contributed by atoms with van der Waals surface area (Å²) in [5, 5.41) is 0. The van der Waals surface area contributed by atoms with Crippen LogP contribution in [0.3, 0.4) is 0 Å². The van der Waals surface area contributed by atoms with Crippen molar-refractivity contribution in [3.05, 3.63) is 17.7 Å². The average molecular weight is 360 g/mol. The molecule has 0 fully saturated rings. The number of benzene rings is 1. The van der Waals surface area contributed by atoms with Crippen LogP contribution < -0.4 is 14.2 Å². The number of rotatable bonds is 7. The van der Waals surface area contributed by atoms with Crippen molar-refractivity contribution < 1.29 is 19.0 Å². The molecule has 0 aromatic heterocycles. The summed E-state index contributed by atoms with van der Waals surface area (Å²) < 4.78 is 15.8. The monoisotopic (exact) mass is 359 g/mol. The van der Waals surface area contributed by atoms with Gasteiger partial charge in [-0.3, -0.25) is 4.79 Å². The summed E-state index contributed by atoms with van der Waals surface area (Å²) in [6.07, 6.45) is 0.873. The second-order valence-electron chi connectivity index (χ2n) is 4.70. The van der Waals surface area contributed by atoms with Gasteiger partial charge in [-0.1, -0.05) is 22.9 Å². The van der Waals surface area contributed by atoms with Gasteiger partial charge in [0, 0.05) is 30.6 Å². The Morgan fingerprint density at radius 2 is 1.67 bits per heavy atom. The molecule has 0 heterocycles. The second kappa shape index (κ2) is 8.12. The molecule has 0 saturated heterocycles. The van der Waals surface area contributed by atoms with Gasteiger partial charge in [0.05, 0.1) is 26.9 Å². The van der Waals surface area contributed by atoms with Gasteiger partial charge in [0.25, 0.3) is 5.91 Å². The van der Waals surface area contributed by atoms with E-state index in [0.717, 1.165) is 6.42 Å². The second-order valence-corrected chi connectivity index (χ2v) is 6.27. The van der Waals surface area contributed by atoms with Crippen molar-refractivity contribution in [2.75, 3.05) is 34.9 Å². The van der Waals surface area contributed by atoms with Gasteiger partial charge in [-0.05, 0) is 6.42 Å². The Balaban J connectivity index is 3.07. The van der Waals surface area contributed by atoms with Crippen molar-refractivity contribution in [1.82, 2.24) is 4.90 Å². The Morgan fingerprint density at radius 3 is 2.14 bits per heavy atom. The van der Waals surface area contributed by atoms with Crippen molar-refractivity contribution in [3.8, 4) is 17.2 Å². The molecule has 21 heavy (non-hydrogen) atoms. The molecule has 1 amide bonds. The molecule has 0 aliphatic rings. The van der Waals surface area contributed by atoms with Gasteiger partial charge < -0.3 is 19.1 Å². The number of carbonyl (C=O) groups is 1. The predicted octanol–water partition coefficient (Wildman–Crippen LogP) is 2.96. The number of carbonyl (C=O) groups excluding carboxylic acids is 1. The number of alkyl halides is 1. The summed E-state index contributed by atoms with van der Waals surface area (Å²) in [5.41, 5.74) is 0.458. The summed E-state index contributed by atoms with van der Waals surface area (Å²) in [5.74, 6) is 1.39. The summed E-state index contributed by atoms with van der Waals surface area (Å²) in [4.78, 5) is 14.6. The zero-order valence-electron chi connectivity index (χ0n) is 13.1. The first kappa shape index (κ1) is 17.6. The van der Waals surface area contributed by atoms with Gasteiger partial charge in [-0.15, -0.1) is 0 Å². The number of ether oxygens (including phenoxy) is 3. The maximum atomic E-state index is 12.5. The van der Waals surface area contributed by atoms with Gasteiger partial charge in [0.2, 0.25) is 0 Å². The maximum absolute atomic E-state index is 12.5. The van der Waals surface area contributed by atoms with Gasteiger partial charge in [-0.25, -0.2) is 0 Å². The molecule has 0 spiro atoms. The van der Waals surface area contributed by atoms with Gasteiger partial charge in [0.15, 0.2) is 11.5 Å². The molecular formula is C15H22BrNO4. The van der Waals surface area contributed by atoms with Crippen LogP contribution in [0.2, 0.25) is 0 Å². The minimum atomic E-state index is -0.110. The van der Waals surface area contributed by atoms with Gasteiger partial charge >= 0.3 is 0 Å². The highest BCUT2D eigenvalue weighted by molar-refractivity contribution is 9.09. The van der Waals surface area contributed by atoms with Crippen molar-refractivity contribution in [2.45, 2.75) is 18.2 Å². The lowest BCUT2D eigenvalue weighted by Gasteiger charge is -2.20. The highest BCUT2D eigenvalue weighted by atomic mass is 79.9. The molecule has 0 aliphatic carbocycles. The van der Waals surface area contributed by atoms with E-state index in [4.69, 9.17) is 14.2 Å². The summed E-state index contributed by atoms with van der Waals surface area (Å²) in [6.45, 7) is 2.71. The van der Waals surface area contributed by atoms with E-state index in [9.17, 15) is 4.79 Å². The highest BCUT2D eigenvalue weighted by Crippen LogP contribution is 2.35. The van der Waals surface area contributed by atoms with Crippen LogP contribution in [0, 0.1) is 0 Å². The Kier molecular flexibility index (Phi) is 6.81. The number of hydrogen-bond donors (Lipinski definition) is 0. The Hall–Kier alpha value is -1.43. The van der Waals surface area contributed by atoms with Crippen LogP contribution in [0.4, 0.5) is 0 Å². The molecular weight excluding hydrogens is 338 g/mol. The molecule has 0 radical (unpaired) electrons. The fourth-order valence-corrected chi connectivity index (χ4v) is 2.08. The van der Waals surface area contributed by atoms with E-state index in [1.165, 1.54) is 14.2 Å². The zero-order chi connectivity index (χ0) is 16.0. The molecule has 1 aromatic rings. The largest absolute Gasteiger partial charge is 0.496 e. The van der Waals surface area contributed by atoms with E-state index in [1.54, 1.807) is 31.2 Å². The Morgan fingerprint density at radius 1 is 1.14 bits per heavy atom. The minimum absolute atomic E-state index is 0.110. The van der Waals surface area contributed by atoms with E-state index in [1.807, 2.05) is 0 Å².